The van der Waals surface area contributed by atoms with Crippen molar-refractivity contribution >= 4 is 32.4 Å². The quantitative estimate of drug-likeness (QED) is 0.560. The Kier molecular flexibility index (Phi) is 2.26. The molecule has 0 radical (unpaired) electrons. The van der Waals surface area contributed by atoms with Crippen molar-refractivity contribution in [3.8, 4) is 0 Å². The molecular formula is C7H4BrF5OS. The van der Waals surface area contributed by atoms with Crippen molar-refractivity contribution in [2.75, 3.05) is 0 Å². The molecule has 0 aliphatic rings. The molecule has 0 fully saturated rings. The number of carbonyl (C=O) groups excluding carboxylic acids is 1. The van der Waals surface area contributed by atoms with Gasteiger partial charge in [-0.25, -0.2) is 0 Å². The lowest BCUT2D eigenvalue weighted by Crippen LogP contribution is -2.06. The topological polar surface area (TPSA) is 17.1 Å². The molecule has 0 saturated heterocycles. The summed E-state index contributed by atoms with van der Waals surface area (Å²) in [5.74, 6) is 0. The maximum absolute atomic E-state index is 12.3. The fraction of sp³-hybridized carbons (Fsp3) is 0. The number of rotatable bonds is 2. The zero-order valence-corrected chi connectivity index (χ0v) is 9.30. The van der Waals surface area contributed by atoms with Crippen molar-refractivity contribution in [1.29, 1.82) is 0 Å². The second-order valence-corrected chi connectivity index (χ2v) is 6.03. The Hall–Kier alpha value is -0.630. The summed E-state index contributed by atoms with van der Waals surface area (Å²) in [7, 11) is -9.65. The second kappa shape index (κ2) is 2.73. The molecule has 0 bridgehead atoms. The van der Waals surface area contributed by atoms with E-state index in [0.29, 0.717) is 6.07 Å². The molecule has 86 valence electrons. The highest BCUT2D eigenvalue weighted by Crippen LogP contribution is 3.02. The minimum atomic E-state index is -9.65. The first kappa shape index (κ1) is 12.4. The third-order valence-electron chi connectivity index (χ3n) is 1.54. The van der Waals surface area contributed by atoms with Crippen LogP contribution in [0.1, 0.15) is 10.4 Å². The lowest BCUT2D eigenvalue weighted by molar-refractivity contribution is 0.112. The van der Waals surface area contributed by atoms with Gasteiger partial charge in [0.05, 0.1) is 0 Å². The van der Waals surface area contributed by atoms with E-state index in [1.54, 1.807) is 0 Å². The van der Waals surface area contributed by atoms with Crippen LogP contribution in [0.2, 0.25) is 0 Å². The Morgan fingerprint density at radius 1 is 1.13 bits per heavy atom. The Labute approximate surface area is 90.1 Å². The molecule has 1 nitrogen and oxygen atoms in total. The fourth-order valence-electron chi connectivity index (χ4n) is 0.843. The molecule has 8 heteroatoms. The summed E-state index contributed by atoms with van der Waals surface area (Å²) in [4.78, 5) is 8.24. The van der Waals surface area contributed by atoms with E-state index >= 15 is 0 Å². The molecule has 15 heavy (non-hydrogen) atoms. The van der Waals surface area contributed by atoms with E-state index in [1.807, 2.05) is 0 Å². The summed E-state index contributed by atoms with van der Waals surface area (Å²) in [6.07, 6.45) is 0.263. The van der Waals surface area contributed by atoms with Gasteiger partial charge < -0.3 is 0 Å². The van der Waals surface area contributed by atoms with Crippen molar-refractivity contribution in [2.45, 2.75) is 4.90 Å². The molecule has 0 saturated carbocycles. The lowest BCUT2D eigenvalue weighted by atomic mass is 10.2. The molecule has 1 rings (SSSR count). The number of carbonyl (C=O) groups is 1. The minimum Gasteiger partial charge on any atom is -0.298 e. The predicted molar refractivity (Wildman–Crippen MR) is 50.9 cm³/mol. The summed E-state index contributed by atoms with van der Waals surface area (Å²) in [5.41, 5.74) is -0.124. The highest BCUT2D eigenvalue weighted by molar-refractivity contribution is 9.10. The fourth-order valence-corrected chi connectivity index (χ4v) is 2.13. The van der Waals surface area contributed by atoms with E-state index in [9.17, 15) is 24.2 Å². The van der Waals surface area contributed by atoms with Gasteiger partial charge in [0.25, 0.3) is 0 Å². The predicted octanol–water partition coefficient (Wildman–Crippen LogP) is 4.92. The number of hydrogen-bond acceptors (Lipinski definition) is 1. The third-order valence-corrected chi connectivity index (χ3v) is 3.38. The highest BCUT2D eigenvalue weighted by atomic mass is 79.9. The average molecular weight is 311 g/mol. The minimum absolute atomic E-state index is 0.124. The molecule has 1 aromatic rings. The van der Waals surface area contributed by atoms with Crippen LogP contribution in [0.5, 0.6) is 0 Å². The molecular weight excluding hydrogens is 307 g/mol. The Bertz CT molecular complexity index is 426. The molecule has 0 atom stereocenters. The summed E-state index contributed by atoms with van der Waals surface area (Å²) < 4.78 is 61.0. The Balaban J connectivity index is 3.45. The van der Waals surface area contributed by atoms with E-state index < -0.39 is 15.1 Å². The first-order valence-electron chi connectivity index (χ1n) is 3.43. The highest BCUT2D eigenvalue weighted by Gasteiger charge is 2.65. The summed E-state index contributed by atoms with van der Waals surface area (Å²) in [6, 6.07) is 1.08. The first-order chi connectivity index (χ1) is 6.44. The van der Waals surface area contributed by atoms with E-state index in [2.05, 4.69) is 15.9 Å². The second-order valence-electron chi connectivity index (χ2n) is 2.77. The van der Waals surface area contributed by atoms with E-state index in [4.69, 9.17) is 0 Å². The van der Waals surface area contributed by atoms with Crippen LogP contribution >= 0.6 is 26.2 Å². The van der Waals surface area contributed by atoms with Crippen LogP contribution in [0.15, 0.2) is 27.6 Å². The monoisotopic (exact) mass is 310 g/mol. The first-order valence-corrected chi connectivity index (χ1v) is 6.17. The van der Waals surface area contributed by atoms with Gasteiger partial charge in [-0.3, -0.25) is 4.79 Å². The Morgan fingerprint density at radius 3 is 2.00 bits per heavy atom. The summed E-state index contributed by atoms with van der Waals surface area (Å²) >= 11 is 2.60. The van der Waals surface area contributed by atoms with Crippen LogP contribution in [0.25, 0.3) is 0 Å². The van der Waals surface area contributed by atoms with Crippen molar-refractivity contribution < 1.29 is 24.2 Å². The van der Waals surface area contributed by atoms with Crippen LogP contribution in [0.4, 0.5) is 19.4 Å². The molecule has 0 heterocycles. The maximum Gasteiger partial charge on any atom is 0.310 e. The number of benzene rings is 1. The van der Waals surface area contributed by atoms with Gasteiger partial charge >= 0.3 is 10.2 Å². The van der Waals surface area contributed by atoms with E-state index in [0.717, 1.165) is 0 Å². The van der Waals surface area contributed by atoms with Crippen LogP contribution in [-0.4, -0.2) is 6.29 Å². The van der Waals surface area contributed by atoms with Gasteiger partial charge in [-0.2, -0.15) is 0 Å². The van der Waals surface area contributed by atoms with Gasteiger partial charge in [-0.1, -0.05) is 35.4 Å². The van der Waals surface area contributed by atoms with Crippen molar-refractivity contribution in [3.05, 3.63) is 28.2 Å². The summed E-state index contributed by atoms with van der Waals surface area (Å²) in [5, 5.41) is 0. The van der Waals surface area contributed by atoms with Gasteiger partial charge in [-0.05, 0) is 18.2 Å². The van der Waals surface area contributed by atoms with Gasteiger partial charge in [-0.15, -0.1) is 0 Å². The van der Waals surface area contributed by atoms with E-state index in [-0.39, 0.29) is 28.5 Å². The SMILES string of the molecule is O=Cc1ccc(S(F)(F)(F)(F)F)cc1Br. The van der Waals surface area contributed by atoms with Gasteiger partial charge in [0, 0.05) is 10.0 Å². The van der Waals surface area contributed by atoms with Crippen molar-refractivity contribution in [3.63, 3.8) is 0 Å². The number of halogens is 6. The molecule has 0 aromatic heterocycles. The van der Waals surface area contributed by atoms with Crippen LogP contribution in [0, 0.1) is 0 Å². The Morgan fingerprint density at radius 2 is 1.67 bits per heavy atom. The molecule has 0 amide bonds. The van der Waals surface area contributed by atoms with Crippen molar-refractivity contribution in [2.24, 2.45) is 0 Å². The molecule has 1 aromatic carbocycles. The average Bonchev–Trinajstić information content (AvgIpc) is 2.00. The normalized spacial score (nSPS) is 16.7. The molecule has 0 spiro atoms. The smallest absolute Gasteiger partial charge is 0.298 e. The molecule has 0 N–H and O–H groups in total. The van der Waals surface area contributed by atoms with Crippen LogP contribution < -0.4 is 0 Å². The standard InChI is InChI=1S/C7H4BrF5OS/c8-7-3-6(2-1-5(7)4-14)15(9,10,11,12)13/h1-4H. The van der Waals surface area contributed by atoms with Gasteiger partial charge in [0.1, 0.15) is 4.90 Å². The van der Waals surface area contributed by atoms with Crippen molar-refractivity contribution in [1.82, 2.24) is 0 Å². The van der Waals surface area contributed by atoms with E-state index in [1.165, 1.54) is 0 Å². The number of hydrogen-bond donors (Lipinski definition) is 0. The zero-order valence-electron chi connectivity index (χ0n) is 6.89. The van der Waals surface area contributed by atoms with Gasteiger partial charge in [0.15, 0.2) is 6.29 Å². The largest absolute Gasteiger partial charge is 0.310 e. The molecule has 0 aliphatic heterocycles. The third kappa shape index (κ3) is 2.91. The lowest BCUT2D eigenvalue weighted by Gasteiger charge is -2.40. The zero-order chi connectivity index (χ0) is 12.0. The van der Waals surface area contributed by atoms with Crippen LogP contribution in [0.3, 0.4) is 0 Å². The maximum atomic E-state index is 12.3. The van der Waals surface area contributed by atoms with Gasteiger partial charge in [0.2, 0.25) is 0 Å². The number of aldehydes is 1. The molecule has 0 unspecified atom stereocenters. The summed E-state index contributed by atoms with van der Waals surface area (Å²) in [6.45, 7) is 0. The molecule has 0 aliphatic carbocycles. The van der Waals surface area contributed by atoms with Crippen LogP contribution in [-0.2, 0) is 0 Å².